The van der Waals surface area contributed by atoms with Crippen molar-refractivity contribution in [3.8, 4) is 22.6 Å². The minimum absolute atomic E-state index is 0.0584. The summed E-state index contributed by atoms with van der Waals surface area (Å²) in [5, 5.41) is 28.7. The first kappa shape index (κ1) is 21.9. The van der Waals surface area contributed by atoms with E-state index in [4.69, 9.17) is 10.1 Å². The first-order chi connectivity index (χ1) is 15.5. The molecule has 1 fully saturated rings. The molecule has 0 amide bonds. The van der Waals surface area contributed by atoms with Gasteiger partial charge in [-0.25, -0.2) is 9.97 Å². The van der Waals surface area contributed by atoms with Crippen LogP contribution >= 0.6 is 0 Å². The van der Waals surface area contributed by atoms with Gasteiger partial charge >= 0.3 is 5.97 Å². The van der Waals surface area contributed by atoms with E-state index in [1.807, 2.05) is 30.3 Å². The summed E-state index contributed by atoms with van der Waals surface area (Å²) in [5.74, 6) is 0.179. The summed E-state index contributed by atoms with van der Waals surface area (Å²) in [6.07, 6.45) is 4.90. The third-order valence-electron chi connectivity index (χ3n) is 5.50. The molecule has 1 aliphatic rings. The van der Waals surface area contributed by atoms with Gasteiger partial charge in [0.25, 0.3) is 0 Å². The molecule has 3 aromatic rings. The number of nitrogens with zero attached hydrogens (tertiary/aromatic N) is 2. The highest BCUT2D eigenvalue weighted by Gasteiger charge is 2.23. The quantitative estimate of drug-likeness (QED) is 0.468. The summed E-state index contributed by atoms with van der Waals surface area (Å²) in [6, 6.07) is 18.1. The molecule has 0 saturated heterocycles. The highest BCUT2D eigenvalue weighted by atomic mass is 16.4. The number of aliphatic carboxylic acids is 1. The van der Waals surface area contributed by atoms with Crippen LogP contribution in [0.5, 0.6) is 0 Å². The lowest BCUT2D eigenvalue weighted by Crippen LogP contribution is -2.19. The summed E-state index contributed by atoms with van der Waals surface area (Å²) < 4.78 is 0. The number of aliphatic hydroxyl groups is 2. The molecule has 1 aliphatic carbocycles. The van der Waals surface area contributed by atoms with E-state index in [0.29, 0.717) is 11.7 Å². The van der Waals surface area contributed by atoms with Gasteiger partial charge in [0, 0.05) is 29.3 Å². The van der Waals surface area contributed by atoms with E-state index in [9.17, 15) is 15.0 Å². The second-order valence-corrected chi connectivity index (χ2v) is 8.17. The van der Waals surface area contributed by atoms with Gasteiger partial charge in [0.1, 0.15) is 0 Å². The normalized spacial score (nSPS) is 15.6. The van der Waals surface area contributed by atoms with Gasteiger partial charge in [-0.2, -0.15) is 0 Å². The maximum absolute atomic E-state index is 10.7. The van der Waals surface area contributed by atoms with E-state index in [1.165, 1.54) is 24.5 Å². The molecule has 6 nitrogen and oxygen atoms in total. The van der Waals surface area contributed by atoms with Gasteiger partial charge in [0.2, 0.25) is 0 Å². The standard InChI is InChI=1S/C26H26N2O4/c29-22(14-23(30)15-24(31)32)13-12-21-16-27-26(20-4-2-1-3-5-20)28-25(21)19-10-8-18(9-11-19)17-6-7-17/h1-5,8-13,16-17,22-23,29-30H,6-7,14-15H2,(H,31,32)/b13-12+. The van der Waals surface area contributed by atoms with Crippen molar-refractivity contribution >= 4 is 12.0 Å². The summed E-state index contributed by atoms with van der Waals surface area (Å²) in [4.78, 5) is 20.0. The monoisotopic (exact) mass is 430 g/mol. The topological polar surface area (TPSA) is 104 Å². The van der Waals surface area contributed by atoms with Crippen LogP contribution in [0, 0.1) is 0 Å². The van der Waals surface area contributed by atoms with E-state index in [0.717, 1.165) is 22.4 Å². The number of hydrogen-bond donors (Lipinski definition) is 3. The molecule has 3 N–H and O–H groups in total. The van der Waals surface area contributed by atoms with Crippen molar-refractivity contribution in [1.82, 2.24) is 9.97 Å². The minimum atomic E-state index is -1.11. The molecule has 0 aliphatic heterocycles. The Hall–Kier alpha value is -3.35. The van der Waals surface area contributed by atoms with Crippen molar-refractivity contribution in [3.05, 3.63) is 78.0 Å². The molecule has 32 heavy (non-hydrogen) atoms. The molecule has 2 atom stereocenters. The van der Waals surface area contributed by atoms with E-state index < -0.39 is 24.6 Å². The lowest BCUT2D eigenvalue weighted by Gasteiger charge is -2.12. The number of carboxylic acids is 1. The Morgan fingerprint density at radius 3 is 2.41 bits per heavy atom. The average Bonchev–Trinajstić information content (AvgIpc) is 3.63. The fourth-order valence-electron chi connectivity index (χ4n) is 3.66. The third-order valence-corrected chi connectivity index (χ3v) is 5.50. The number of aromatic nitrogens is 2. The Kier molecular flexibility index (Phi) is 6.73. The van der Waals surface area contributed by atoms with Crippen LogP contribution in [0.4, 0.5) is 0 Å². The van der Waals surface area contributed by atoms with Crippen LogP contribution in [0.2, 0.25) is 0 Å². The van der Waals surface area contributed by atoms with E-state index in [1.54, 1.807) is 12.3 Å². The average molecular weight is 431 g/mol. The summed E-state index contributed by atoms with van der Waals surface area (Å²) >= 11 is 0. The zero-order chi connectivity index (χ0) is 22.5. The largest absolute Gasteiger partial charge is 0.481 e. The first-order valence-electron chi connectivity index (χ1n) is 10.8. The highest BCUT2D eigenvalue weighted by Crippen LogP contribution is 2.40. The second kappa shape index (κ2) is 9.85. The van der Waals surface area contributed by atoms with Gasteiger partial charge in [0.05, 0.1) is 24.3 Å². The maximum Gasteiger partial charge on any atom is 0.305 e. The molecule has 4 rings (SSSR count). The number of carboxylic acid groups (broad SMARTS) is 1. The zero-order valence-electron chi connectivity index (χ0n) is 17.6. The molecule has 6 heteroatoms. The Morgan fingerprint density at radius 2 is 1.75 bits per heavy atom. The summed E-state index contributed by atoms with van der Waals surface area (Å²) in [5.41, 5.74) is 4.68. The number of carbonyl (C=O) groups is 1. The second-order valence-electron chi connectivity index (χ2n) is 8.17. The molecule has 0 spiro atoms. The molecule has 1 heterocycles. The van der Waals surface area contributed by atoms with Crippen LogP contribution in [0.25, 0.3) is 28.7 Å². The number of aliphatic hydroxyl groups excluding tert-OH is 2. The van der Waals surface area contributed by atoms with Crippen LogP contribution in [0.15, 0.2) is 66.9 Å². The molecule has 0 radical (unpaired) electrons. The molecule has 0 bridgehead atoms. The maximum atomic E-state index is 10.7. The van der Waals surface area contributed by atoms with Gasteiger partial charge in [-0.1, -0.05) is 66.7 Å². The number of benzene rings is 2. The van der Waals surface area contributed by atoms with Crippen molar-refractivity contribution in [2.24, 2.45) is 0 Å². The van der Waals surface area contributed by atoms with Gasteiger partial charge in [-0.15, -0.1) is 0 Å². The van der Waals surface area contributed by atoms with Gasteiger partial charge in [-0.05, 0) is 24.3 Å². The van der Waals surface area contributed by atoms with Crippen molar-refractivity contribution in [2.45, 2.75) is 43.8 Å². The van der Waals surface area contributed by atoms with Crippen LogP contribution < -0.4 is 0 Å². The first-order valence-corrected chi connectivity index (χ1v) is 10.8. The molecule has 2 aromatic carbocycles. The van der Waals surface area contributed by atoms with Crippen molar-refractivity contribution in [3.63, 3.8) is 0 Å². The lowest BCUT2D eigenvalue weighted by atomic mass is 10.0. The highest BCUT2D eigenvalue weighted by molar-refractivity contribution is 5.74. The SMILES string of the molecule is O=C(O)CC(O)CC(O)/C=C/c1cnc(-c2ccccc2)nc1-c1ccc(C2CC2)cc1. The fourth-order valence-corrected chi connectivity index (χ4v) is 3.66. The fraction of sp³-hybridized carbons (Fsp3) is 0.269. The van der Waals surface area contributed by atoms with Crippen LogP contribution in [0.3, 0.4) is 0 Å². The van der Waals surface area contributed by atoms with E-state index >= 15 is 0 Å². The van der Waals surface area contributed by atoms with Crippen LogP contribution in [-0.2, 0) is 4.79 Å². The Labute approximate surface area is 186 Å². The Balaban J connectivity index is 1.62. The molecular weight excluding hydrogens is 404 g/mol. The molecule has 1 saturated carbocycles. The minimum Gasteiger partial charge on any atom is -0.481 e. The number of hydrogen-bond acceptors (Lipinski definition) is 5. The lowest BCUT2D eigenvalue weighted by molar-refractivity contribution is -0.139. The Morgan fingerprint density at radius 1 is 1.03 bits per heavy atom. The zero-order valence-corrected chi connectivity index (χ0v) is 17.6. The predicted molar refractivity (Wildman–Crippen MR) is 123 cm³/mol. The summed E-state index contributed by atoms with van der Waals surface area (Å²) in [6.45, 7) is 0. The van der Waals surface area contributed by atoms with Crippen molar-refractivity contribution in [2.75, 3.05) is 0 Å². The van der Waals surface area contributed by atoms with Crippen LogP contribution in [0.1, 0.15) is 42.7 Å². The molecule has 164 valence electrons. The van der Waals surface area contributed by atoms with E-state index in [2.05, 4.69) is 29.2 Å². The summed E-state index contributed by atoms with van der Waals surface area (Å²) in [7, 11) is 0. The van der Waals surface area contributed by atoms with Crippen LogP contribution in [-0.4, -0.2) is 43.5 Å². The smallest absolute Gasteiger partial charge is 0.305 e. The molecular formula is C26H26N2O4. The van der Waals surface area contributed by atoms with Gasteiger partial charge in [-0.3, -0.25) is 4.79 Å². The van der Waals surface area contributed by atoms with Gasteiger partial charge < -0.3 is 15.3 Å². The molecule has 2 unspecified atom stereocenters. The van der Waals surface area contributed by atoms with E-state index in [-0.39, 0.29) is 6.42 Å². The van der Waals surface area contributed by atoms with Crippen molar-refractivity contribution in [1.29, 1.82) is 0 Å². The number of rotatable bonds is 9. The van der Waals surface area contributed by atoms with Crippen molar-refractivity contribution < 1.29 is 20.1 Å². The van der Waals surface area contributed by atoms with Gasteiger partial charge in [0.15, 0.2) is 5.82 Å². The molecule has 1 aromatic heterocycles. The Bertz CT molecular complexity index is 1090. The third kappa shape index (κ3) is 5.66. The predicted octanol–water partition coefficient (Wildman–Crippen LogP) is 4.29.